The second kappa shape index (κ2) is 4.99. The van der Waals surface area contributed by atoms with Crippen LogP contribution >= 0.6 is 11.8 Å². The molecule has 1 aliphatic heterocycles. The van der Waals surface area contributed by atoms with E-state index in [-0.39, 0.29) is 0 Å². The molecule has 0 aromatic carbocycles. The summed E-state index contributed by atoms with van der Waals surface area (Å²) in [6.07, 6.45) is 2.11. The fourth-order valence-electron chi connectivity index (χ4n) is 0.959. The zero-order chi connectivity index (χ0) is 7.23. The van der Waals surface area contributed by atoms with Gasteiger partial charge >= 0.3 is 0 Å². The summed E-state index contributed by atoms with van der Waals surface area (Å²) in [5.41, 5.74) is 0. The van der Waals surface area contributed by atoms with Gasteiger partial charge in [0.2, 0.25) is 0 Å². The van der Waals surface area contributed by atoms with Crippen molar-refractivity contribution >= 4 is 11.8 Å². The molecule has 0 amide bonds. The van der Waals surface area contributed by atoms with E-state index in [1.165, 1.54) is 6.42 Å². The summed E-state index contributed by atoms with van der Waals surface area (Å²) in [4.78, 5) is 0. The van der Waals surface area contributed by atoms with Gasteiger partial charge in [0.05, 0.1) is 6.61 Å². The first-order chi connectivity index (χ1) is 4.93. The van der Waals surface area contributed by atoms with Crippen molar-refractivity contribution in [3.63, 3.8) is 0 Å². The first-order valence-corrected chi connectivity index (χ1v) is 4.78. The van der Waals surface area contributed by atoms with Gasteiger partial charge in [0, 0.05) is 18.5 Å². The second-order valence-corrected chi connectivity index (χ2v) is 3.84. The molecule has 1 heterocycles. The van der Waals surface area contributed by atoms with Crippen molar-refractivity contribution in [3.8, 4) is 0 Å². The highest BCUT2D eigenvalue weighted by atomic mass is 32.2. The topological polar surface area (TPSA) is 29.5 Å². The minimum absolute atomic E-state index is 0.320. The van der Waals surface area contributed by atoms with Crippen molar-refractivity contribution in [2.24, 2.45) is 0 Å². The lowest BCUT2D eigenvalue weighted by Gasteiger charge is -2.04. The van der Waals surface area contributed by atoms with Crippen LogP contribution in [0.4, 0.5) is 0 Å². The van der Waals surface area contributed by atoms with Crippen molar-refractivity contribution in [1.82, 2.24) is 0 Å². The normalized spacial score (nSPS) is 25.5. The fourth-order valence-corrected chi connectivity index (χ4v) is 2.04. The molecule has 0 radical (unpaired) electrons. The molecule has 0 bridgehead atoms. The quantitative estimate of drug-likeness (QED) is 0.623. The van der Waals surface area contributed by atoms with Gasteiger partial charge in [0.1, 0.15) is 0 Å². The Kier molecular flexibility index (Phi) is 4.18. The molecule has 60 valence electrons. The van der Waals surface area contributed by atoms with Crippen molar-refractivity contribution in [1.29, 1.82) is 0 Å². The molecule has 1 rings (SSSR count). The first kappa shape index (κ1) is 8.37. The Morgan fingerprint density at radius 3 is 3.10 bits per heavy atom. The van der Waals surface area contributed by atoms with E-state index < -0.39 is 0 Å². The molecule has 0 aliphatic carbocycles. The van der Waals surface area contributed by atoms with Crippen LogP contribution in [0.3, 0.4) is 0 Å². The monoisotopic (exact) mass is 162 g/mol. The predicted octanol–water partition coefficient (Wildman–Crippen LogP) is 0.891. The van der Waals surface area contributed by atoms with Gasteiger partial charge in [-0.05, 0) is 18.6 Å². The van der Waals surface area contributed by atoms with Crippen LogP contribution in [-0.4, -0.2) is 35.9 Å². The van der Waals surface area contributed by atoms with Gasteiger partial charge in [0.25, 0.3) is 0 Å². The summed E-state index contributed by atoms with van der Waals surface area (Å²) in [6, 6.07) is 0. The molecule has 1 unspecified atom stereocenters. The molecule has 0 saturated carbocycles. The number of thioether (sulfide) groups is 1. The highest BCUT2D eigenvalue weighted by molar-refractivity contribution is 7.99. The van der Waals surface area contributed by atoms with Crippen LogP contribution in [0.25, 0.3) is 0 Å². The van der Waals surface area contributed by atoms with Crippen molar-refractivity contribution in [2.45, 2.75) is 18.1 Å². The van der Waals surface area contributed by atoms with Crippen molar-refractivity contribution in [2.75, 3.05) is 25.6 Å². The van der Waals surface area contributed by atoms with Gasteiger partial charge < -0.3 is 9.84 Å². The molecule has 0 aromatic rings. The molecule has 0 aromatic heterocycles. The molecular weight excluding hydrogens is 148 g/mol. The predicted molar refractivity (Wildman–Crippen MR) is 43.4 cm³/mol. The highest BCUT2D eigenvalue weighted by Crippen LogP contribution is 2.20. The summed E-state index contributed by atoms with van der Waals surface area (Å²) in [7, 11) is 0. The Morgan fingerprint density at radius 1 is 1.60 bits per heavy atom. The van der Waals surface area contributed by atoms with Gasteiger partial charge in [-0.2, -0.15) is 11.8 Å². The minimum atomic E-state index is 0.320. The molecule has 10 heavy (non-hydrogen) atoms. The lowest BCUT2D eigenvalue weighted by Crippen LogP contribution is -2.02. The lowest BCUT2D eigenvalue weighted by atomic mass is 10.4. The van der Waals surface area contributed by atoms with Crippen LogP contribution in [0, 0.1) is 0 Å². The second-order valence-electron chi connectivity index (χ2n) is 2.43. The van der Waals surface area contributed by atoms with Crippen molar-refractivity contribution in [3.05, 3.63) is 0 Å². The maximum atomic E-state index is 8.50. The fraction of sp³-hybridized carbons (Fsp3) is 1.00. The zero-order valence-corrected chi connectivity index (χ0v) is 6.90. The molecule has 0 spiro atoms. The van der Waals surface area contributed by atoms with E-state index in [0.717, 1.165) is 25.4 Å². The largest absolute Gasteiger partial charge is 0.396 e. The number of aliphatic hydroxyl groups excluding tert-OH is 1. The van der Waals surface area contributed by atoms with Crippen LogP contribution in [0.1, 0.15) is 12.8 Å². The standard InChI is InChI=1S/C7H14O2S/c8-3-1-5-10-7-2-4-9-6-7/h7-8H,1-6H2. The third-order valence-corrected chi connectivity index (χ3v) is 2.91. The van der Waals surface area contributed by atoms with Crippen LogP contribution in [0.5, 0.6) is 0 Å². The van der Waals surface area contributed by atoms with E-state index in [1.807, 2.05) is 11.8 Å². The summed E-state index contributed by atoms with van der Waals surface area (Å²) in [5.74, 6) is 1.07. The molecular formula is C7H14O2S. The van der Waals surface area contributed by atoms with Gasteiger partial charge in [0.15, 0.2) is 0 Å². The first-order valence-electron chi connectivity index (χ1n) is 3.73. The summed E-state index contributed by atoms with van der Waals surface area (Å²) in [5, 5.41) is 9.20. The van der Waals surface area contributed by atoms with E-state index in [0.29, 0.717) is 11.9 Å². The van der Waals surface area contributed by atoms with Crippen LogP contribution in [0.15, 0.2) is 0 Å². The Balaban J connectivity index is 1.91. The molecule has 2 nitrogen and oxygen atoms in total. The average Bonchev–Trinajstić information content (AvgIpc) is 2.41. The summed E-state index contributed by atoms with van der Waals surface area (Å²) < 4.78 is 5.20. The molecule has 1 N–H and O–H groups in total. The number of aliphatic hydroxyl groups is 1. The molecule has 1 saturated heterocycles. The molecule has 3 heteroatoms. The Morgan fingerprint density at radius 2 is 2.50 bits per heavy atom. The molecule has 1 fully saturated rings. The van der Waals surface area contributed by atoms with Gasteiger partial charge in [-0.15, -0.1) is 0 Å². The number of ether oxygens (including phenoxy) is 1. The number of hydrogen-bond donors (Lipinski definition) is 1. The molecule has 1 aliphatic rings. The maximum Gasteiger partial charge on any atom is 0.0585 e. The Bertz CT molecular complexity index is 81.7. The van der Waals surface area contributed by atoms with Crippen LogP contribution < -0.4 is 0 Å². The van der Waals surface area contributed by atoms with E-state index in [1.54, 1.807) is 0 Å². The number of rotatable bonds is 4. The highest BCUT2D eigenvalue weighted by Gasteiger charge is 2.14. The van der Waals surface area contributed by atoms with Crippen LogP contribution in [-0.2, 0) is 4.74 Å². The smallest absolute Gasteiger partial charge is 0.0585 e. The average molecular weight is 162 g/mol. The van der Waals surface area contributed by atoms with E-state index in [2.05, 4.69) is 0 Å². The van der Waals surface area contributed by atoms with Gasteiger partial charge in [-0.25, -0.2) is 0 Å². The van der Waals surface area contributed by atoms with E-state index in [4.69, 9.17) is 9.84 Å². The van der Waals surface area contributed by atoms with E-state index in [9.17, 15) is 0 Å². The van der Waals surface area contributed by atoms with Gasteiger partial charge in [-0.1, -0.05) is 0 Å². The van der Waals surface area contributed by atoms with Crippen molar-refractivity contribution < 1.29 is 9.84 Å². The SMILES string of the molecule is OCCCSC1CCOC1. The number of hydrogen-bond acceptors (Lipinski definition) is 3. The zero-order valence-electron chi connectivity index (χ0n) is 6.08. The molecule has 1 atom stereocenters. The van der Waals surface area contributed by atoms with E-state index >= 15 is 0 Å². The van der Waals surface area contributed by atoms with Crippen LogP contribution in [0.2, 0.25) is 0 Å². The minimum Gasteiger partial charge on any atom is -0.396 e. The Labute approximate surface area is 66.0 Å². The maximum absolute atomic E-state index is 8.50. The summed E-state index contributed by atoms with van der Waals surface area (Å²) in [6.45, 7) is 2.16. The van der Waals surface area contributed by atoms with Gasteiger partial charge in [-0.3, -0.25) is 0 Å². The third kappa shape index (κ3) is 2.90. The Hall–Kier alpha value is 0.270. The lowest BCUT2D eigenvalue weighted by molar-refractivity contribution is 0.199. The third-order valence-electron chi connectivity index (χ3n) is 1.54. The summed E-state index contributed by atoms with van der Waals surface area (Å²) >= 11 is 1.92.